The van der Waals surface area contributed by atoms with Gasteiger partial charge in [-0.1, -0.05) is 22.9 Å². The number of fused-ring (bicyclic) bond motifs is 1. The number of para-hydroxylation sites is 1. The lowest BCUT2D eigenvalue weighted by molar-refractivity contribution is 0.0698. The minimum Gasteiger partial charge on any atom is -0.478 e. The van der Waals surface area contributed by atoms with Gasteiger partial charge in [0.2, 0.25) is 0 Å². The van der Waals surface area contributed by atoms with E-state index >= 15 is 0 Å². The molecule has 0 unspecified atom stereocenters. The van der Waals surface area contributed by atoms with Crippen LogP contribution in [-0.4, -0.2) is 26.1 Å². The average molecular weight is 299 g/mol. The van der Waals surface area contributed by atoms with Gasteiger partial charge >= 0.3 is 5.97 Å². The van der Waals surface area contributed by atoms with E-state index in [9.17, 15) is 9.90 Å². The average Bonchev–Trinajstić information content (AvgIpc) is 2.91. The van der Waals surface area contributed by atoms with Crippen molar-refractivity contribution in [3.8, 4) is 11.8 Å². The minimum absolute atomic E-state index is 0.0657. The number of aromatic nitrogens is 3. The monoisotopic (exact) mass is 298 g/mol. The Bertz CT molecular complexity index is 911. The number of hydrogen-bond donors (Lipinski definition) is 1. The Hall–Kier alpha value is -2.91. The van der Waals surface area contributed by atoms with E-state index in [4.69, 9.17) is 16.9 Å². The molecule has 0 fully saturated rings. The fourth-order valence-electron chi connectivity index (χ4n) is 2.06. The molecule has 3 rings (SSSR count). The third kappa shape index (κ3) is 2.10. The zero-order valence-electron chi connectivity index (χ0n) is 10.5. The summed E-state index contributed by atoms with van der Waals surface area (Å²) in [7, 11) is 0. The number of carboxylic acids is 1. The lowest BCUT2D eigenvalue weighted by atomic mass is 10.1. The van der Waals surface area contributed by atoms with Crippen molar-refractivity contribution >= 4 is 28.6 Å². The van der Waals surface area contributed by atoms with Crippen molar-refractivity contribution in [1.82, 2.24) is 15.0 Å². The fourth-order valence-corrected chi connectivity index (χ4v) is 2.26. The van der Waals surface area contributed by atoms with Crippen LogP contribution in [0.3, 0.4) is 0 Å². The molecule has 1 heterocycles. The SMILES string of the molecule is N#Cc1ccc(Cl)c(-n2nnc3cccc(C(=O)O)c32)c1. The summed E-state index contributed by atoms with van der Waals surface area (Å²) in [6.07, 6.45) is 0. The maximum Gasteiger partial charge on any atom is 0.337 e. The van der Waals surface area contributed by atoms with E-state index in [2.05, 4.69) is 10.3 Å². The van der Waals surface area contributed by atoms with E-state index in [1.165, 1.54) is 16.8 Å². The number of rotatable bonds is 2. The standard InChI is InChI=1S/C14H7ClN4O2/c15-10-5-4-8(7-16)6-12(10)19-13-9(14(20)21)2-1-3-11(13)17-18-19/h1-6H,(H,20,21). The normalized spacial score (nSPS) is 10.5. The highest BCUT2D eigenvalue weighted by atomic mass is 35.5. The molecule has 1 N–H and O–H groups in total. The number of carboxylic acid groups (broad SMARTS) is 1. The molecule has 0 aliphatic carbocycles. The first-order chi connectivity index (χ1) is 10.1. The summed E-state index contributed by atoms with van der Waals surface area (Å²) in [5, 5.41) is 26.5. The largest absolute Gasteiger partial charge is 0.478 e. The molecule has 102 valence electrons. The Morgan fingerprint density at radius 1 is 1.33 bits per heavy atom. The van der Waals surface area contributed by atoms with Crippen molar-refractivity contribution in [1.29, 1.82) is 5.26 Å². The second-order valence-corrected chi connectivity index (χ2v) is 4.66. The molecule has 0 amide bonds. The second-order valence-electron chi connectivity index (χ2n) is 4.26. The molecule has 0 spiro atoms. The number of aromatic carboxylic acids is 1. The van der Waals surface area contributed by atoms with Crippen molar-refractivity contribution in [2.45, 2.75) is 0 Å². The van der Waals surface area contributed by atoms with Crippen molar-refractivity contribution in [2.75, 3.05) is 0 Å². The van der Waals surface area contributed by atoms with Crippen molar-refractivity contribution < 1.29 is 9.90 Å². The van der Waals surface area contributed by atoms with Gasteiger partial charge in [0.1, 0.15) is 11.0 Å². The van der Waals surface area contributed by atoms with Crippen LogP contribution in [0.5, 0.6) is 0 Å². The van der Waals surface area contributed by atoms with E-state index < -0.39 is 5.97 Å². The van der Waals surface area contributed by atoms with Gasteiger partial charge in [-0.3, -0.25) is 0 Å². The summed E-state index contributed by atoms with van der Waals surface area (Å²) >= 11 is 6.13. The topological polar surface area (TPSA) is 91.8 Å². The van der Waals surface area contributed by atoms with Crippen LogP contribution in [0.1, 0.15) is 15.9 Å². The molecule has 0 bridgehead atoms. The highest BCUT2D eigenvalue weighted by Crippen LogP contribution is 2.26. The van der Waals surface area contributed by atoms with Crippen molar-refractivity contribution in [2.24, 2.45) is 0 Å². The molecule has 21 heavy (non-hydrogen) atoms. The lowest BCUT2D eigenvalue weighted by Gasteiger charge is -2.06. The summed E-state index contributed by atoms with van der Waals surface area (Å²) in [5.41, 5.74) is 1.64. The Balaban J connectivity index is 2.36. The van der Waals surface area contributed by atoms with Crippen molar-refractivity contribution in [3.05, 3.63) is 52.5 Å². The fraction of sp³-hybridized carbons (Fsp3) is 0. The molecule has 0 aliphatic heterocycles. The second kappa shape index (κ2) is 4.89. The summed E-state index contributed by atoms with van der Waals surface area (Å²) < 4.78 is 1.34. The first-order valence-corrected chi connectivity index (χ1v) is 6.27. The maximum absolute atomic E-state index is 11.4. The lowest BCUT2D eigenvalue weighted by Crippen LogP contribution is -2.04. The minimum atomic E-state index is -1.09. The molecule has 0 radical (unpaired) electrons. The molecular formula is C14H7ClN4O2. The molecule has 0 atom stereocenters. The molecule has 0 saturated heterocycles. The number of nitrogens with zero attached hydrogens (tertiary/aromatic N) is 4. The Morgan fingerprint density at radius 3 is 2.86 bits per heavy atom. The first-order valence-electron chi connectivity index (χ1n) is 5.89. The van der Waals surface area contributed by atoms with Gasteiger partial charge in [0, 0.05) is 0 Å². The molecule has 7 heteroatoms. The maximum atomic E-state index is 11.4. The van der Waals surface area contributed by atoms with Gasteiger partial charge in [-0.2, -0.15) is 5.26 Å². The van der Waals surface area contributed by atoms with Crippen LogP contribution in [0.2, 0.25) is 5.02 Å². The van der Waals surface area contributed by atoms with Crippen LogP contribution in [0.25, 0.3) is 16.7 Å². The molecule has 3 aromatic rings. The predicted octanol–water partition coefficient (Wildman–Crippen LogP) is 2.64. The molecule has 2 aromatic carbocycles. The van der Waals surface area contributed by atoms with Gasteiger partial charge in [-0.05, 0) is 30.3 Å². The van der Waals surface area contributed by atoms with Gasteiger partial charge in [-0.15, -0.1) is 5.10 Å². The third-order valence-electron chi connectivity index (χ3n) is 3.00. The zero-order chi connectivity index (χ0) is 15.0. The smallest absolute Gasteiger partial charge is 0.337 e. The predicted molar refractivity (Wildman–Crippen MR) is 75.5 cm³/mol. The molecule has 6 nitrogen and oxygen atoms in total. The van der Waals surface area contributed by atoms with Crippen LogP contribution in [-0.2, 0) is 0 Å². The Labute approximate surface area is 123 Å². The quantitative estimate of drug-likeness (QED) is 0.785. The molecule has 0 saturated carbocycles. The van der Waals surface area contributed by atoms with Gasteiger partial charge < -0.3 is 5.11 Å². The highest BCUT2D eigenvalue weighted by molar-refractivity contribution is 6.32. The number of hydrogen-bond acceptors (Lipinski definition) is 4. The van der Waals surface area contributed by atoms with Crippen LogP contribution in [0, 0.1) is 11.3 Å². The van der Waals surface area contributed by atoms with E-state index in [1.807, 2.05) is 6.07 Å². The van der Waals surface area contributed by atoms with Gasteiger partial charge in [0.25, 0.3) is 0 Å². The van der Waals surface area contributed by atoms with Gasteiger partial charge in [0.15, 0.2) is 0 Å². The summed E-state index contributed by atoms with van der Waals surface area (Å²) in [6.45, 7) is 0. The van der Waals surface area contributed by atoms with Gasteiger partial charge in [-0.25, -0.2) is 9.48 Å². The Kier molecular flexibility index (Phi) is 3.05. The summed E-state index contributed by atoms with van der Waals surface area (Å²) in [6, 6.07) is 11.4. The number of nitriles is 1. The van der Waals surface area contributed by atoms with E-state index in [0.717, 1.165) is 0 Å². The van der Waals surface area contributed by atoms with Crippen LogP contribution in [0.15, 0.2) is 36.4 Å². The molecular weight excluding hydrogens is 292 g/mol. The number of halogens is 1. The number of carbonyl (C=O) groups is 1. The highest BCUT2D eigenvalue weighted by Gasteiger charge is 2.17. The Morgan fingerprint density at radius 2 is 2.14 bits per heavy atom. The zero-order valence-corrected chi connectivity index (χ0v) is 11.2. The molecule has 0 aliphatic rings. The number of benzene rings is 2. The van der Waals surface area contributed by atoms with Gasteiger partial charge in [0.05, 0.1) is 27.9 Å². The van der Waals surface area contributed by atoms with Crippen LogP contribution < -0.4 is 0 Å². The summed E-state index contributed by atoms with van der Waals surface area (Å²) in [5.74, 6) is -1.09. The summed E-state index contributed by atoms with van der Waals surface area (Å²) in [4.78, 5) is 11.4. The van der Waals surface area contributed by atoms with E-state index in [1.54, 1.807) is 24.3 Å². The van der Waals surface area contributed by atoms with E-state index in [0.29, 0.717) is 27.3 Å². The van der Waals surface area contributed by atoms with E-state index in [-0.39, 0.29) is 5.56 Å². The first kappa shape index (κ1) is 13.1. The van der Waals surface area contributed by atoms with Crippen LogP contribution >= 0.6 is 11.6 Å². The molecule has 1 aromatic heterocycles. The van der Waals surface area contributed by atoms with Crippen molar-refractivity contribution in [3.63, 3.8) is 0 Å². The van der Waals surface area contributed by atoms with Crippen LogP contribution in [0.4, 0.5) is 0 Å². The third-order valence-corrected chi connectivity index (χ3v) is 3.32.